The highest BCUT2D eigenvalue weighted by molar-refractivity contribution is 5.90. The van der Waals surface area contributed by atoms with E-state index in [4.69, 9.17) is 14.7 Å². The van der Waals surface area contributed by atoms with Crippen molar-refractivity contribution in [3.05, 3.63) is 72.3 Å². The average molecular weight is 611 g/mol. The highest BCUT2D eigenvalue weighted by atomic mass is 16.6. The Morgan fingerprint density at radius 2 is 1.47 bits per heavy atom. The molecule has 0 radical (unpaired) electrons. The number of amides is 1. The van der Waals surface area contributed by atoms with Gasteiger partial charge in [0.15, 0.2) is 0 Å². The molecule has 0 aliphatic heterocycles. The van der Waals surface area contributed by atoms with Crippen LogP contribution in [0.4, 0.5) is 16.6 Å². The van der Waals surface area contributed by atoms with Gasteiger partial charge in [-0.05, 0) is 119 Å². The lowest BCUT2D eigenvalue weighted by Crippen LogP contribution is -2.33. The number of fused-ring (bicyclic) bond motifs is 2. The van der Waals surface area contributed by atoms with Crippen LogP contribution in [0.25, 0.3) is 21.7 Å². The second kappa shape index (κ2) is 15.9. The molecule has 1 aliphatic rings. The summed E-state index contributed by atoms with van der Waals surface area (Å²) < 4.78 is 5.30. The minimum absolute atomic E-state index is 0.370. The molecule has 4 N–H and O–H groups in total. The molecule has 3 aromatic carbocycles. The first-order valence-electron chi connectivity index (χ1n) is 16.7. The maximum absolute atomic E-state index is 11.8. The zero-order chi connectivity index (χ0) is 31.5. The number of nitrogens with one attached hydrogen (secondary N) is 4. The predicted molar refractivity (Wildman–Crippen MR) is 186 cm³/mol. The fourth-order valence-electron chi connectivity index (χ4n) is 6.17. The van der Waals surface area contributed by atoms with E-state index in [1.807, 2.05) is 39.0 Å². The van der Waals surface area contributed by atoms with Crippen LogP contribution >= 0.6 is 0 Å². The van der Waals surface area contributed by atoms with E-state index in [1.54, 1.807) is 0 Å². The van der Waals surface area contributed by atoms with Crippen LogP contribution in [0.5, 0.6) is 0 Å². The third-order valence-electron chi connectivity index (χ3n) is 8.57. The number of hydrogen-bond donors (Lipinski definition) is 4. The summed E-state index contributed by atoms with van der Waals surface area (Å²) in [4.78, 5) is 21.5. The fourth-order valence-corrected chi connectivity index (χ4v) is 6.17. The van der Waals surface area contributed by atoms with E-state index in [2.05, 4.69) is 69.8 Å². The summed E-state index contributed by atoms with van der Waals surface area (Å²) in [6.45, 7) is 9.96. The molecule has 0 bridgehead atoms. The van der Waals surface area contributed by atoms with Gasteiger partial charge in [0, 0.05) is 25.0 Å². The summed E-state index contributed by atoms with van der Waals surface area (Å²) in [7, 11) is 0. The molecule has 8 heteroatoms. The Balaban J connectivity index is 1.02. The summed E-state index contributed by atoms with van der Waals surface area (Å²) in [5.74, 6) is 2.92. The van der Waals surface area contributed by atoms with E-state index in [-0.39, 0.29) is 6.09 Å². The number of carbonyl (C=O) groups is 1. The lowest BCUT2D eigenvalue weighted by molar-refractivity contribution is 0.0527. The third kappa shape index (κ3) is 10.0. The largest absolute Gasteiger partial charge is 0.444 e. The molecule has 4 aromatic rings. The van der Waals surface area contributed by atoms with Gasteiger partial charge in [0.05, 0.1) is 5.52 Å². The molecule has 1 aromatic heterocycles. The number of rotatable bonds is 14. The molecule has 5 rings (SSSR count). The second-order valence-corrected chi connectivity index (χ2v) is 13.3. The van der Waals surface area contributed by atoms with Crippen molar-refractivity contribution in [1.82, 2.24) is 20.6 Å². The van der Waals surface area contributed by atoms with Crippen LogP contribution in [0.1, 0.15) is 64.9 Å². The monoisotopic (exact) mass is 610 g/mol. The van der Waals surface area contributed by atoms with E-state index in [0.29, 0.717) is 18.4 Å². The molecule has 240 valence electrons. The number of anilines is 2. The molecule has 1 aliphatic carbocycles. The standard InChI is InChI=1S/C37H50N6O2/c1-37(2,3)45-36(44)40-23-9-8-22-39-34-32-15-6-7-16-33(32)42-35(43-34)41-26-28-19-17-27(18-20-28)25-38-24-21-30-13-10-12-29-11-4-5-14-31(29)30/h4-7,10-16,27-28,38H,8-9,17-26H2,1-3H3,(H,40,44)(H2,39,41,42,43). The Hall–Kier alpha value is -3.91. The Morgan fingerprint density at radius 1 is 0.778 bits per heavy atom. The molecule has 0 unspecified atom stereocenters. The molecule has 1 saturated carbocycles. The van der Waals surface area contributed by atoms with Crippen LogP contribution in [0.2, 0.25) is 0 Å². The van der Waals surface area contributed by atoms with E-state index < -0.39 is 5.60 Å². The molecule has 1 amide bonds. The normalized spacial score (nSPS) is 16.9. The quantitative estimate of drug-likeness (QED) is 0.109. The van der Waals surface area contributed by atoms with Crippen molar-refractivity contribution in [2.45, 2.75) is 71.3 Å². The predicted octanol–water partition coefficient (Wildman–Crippen LogP) is 7.55. The van der Waals surface area contributed by atoms with Crippen LogP contribution in [0.15, 0.2) is 66.7 Å². The molecule has 0 saturated heterocycles. The number of alkyl carbamates (subject to hydrolysis) is 1. The van der Waals surface area contributed by atoms with Crippen LogP contribution in [-0.2, 0) is 11.2 Å². The van der Waals surface area contributed by atoms with Gasteiger partial charge in [-0.3, -0.25) is 0 Å². The van der Waals surface area contributed by atoms with Crippen molar-refractivity contribution in [2.75, 3.05) is 43.4 Å². The number of carbonyl (C=O) groups excluding carboxylic acids is 1. The van der Waals surface area contributed by atoms with E-state index in [1.165, 1.54) is 42.0 Å². The van der Waals surface area contributed by atoms with Crippen molar-refractivity contribution in [2.24, 2.45) is 11.8 Å². The second-order valence-electron chi connectivity index (χ2n) is 13.3. The molecule has 0 atom stereocenters. The zero-order valence-corrected chi connectivity index (χ0v) is 27.2. The maximum atomic E-state index is 11.8. The molecular weight excluding hydrogens is 560 g/mol. The van der Waals surface area contributed by atoms with Gasteiger partial charge >= 0.3 is 6.09 Å². The van der Waals surface area contributed by atoms with Crippen molar-refractivity contribution < 1.29 is 9.53 Å². The maximum Gasteiger partial charge on any atom is 0.407 e. The van der Waals surface area contributed by atoms with Gasteiger partial charge in [-0.1, -0.05) is 54.6 Å². The molecule has 45 heavy (non-hydrogen) atoms. The van der Waals surface area contributed by atoms with Crippen molar-refractivity contribution in [1.29, 1.82) is 0 Å². The molecule has 1 heterocycles. The molecule has 8 nitrogen and oxygen atoms in total. The molecular formula is C37H50N6O2. The van der Waals surface area contributed by atoms with Crippen LogP contribution < -0.4 is 21.3 Å². The number of nitrogens with zero attached hydrogens (tertiary/aromatic N) is 2. The first kappa shape index (κ1) is 32.5. The van der Waals surface area contributed by atoms with E-state index in [9.17, 15) is 4.79 Å². The SMILES string of the molecule is CC(C)(C)OC(=O)NCCCCNc1nc(NCC2CCC(CNCCc3cccc4ccccc34)CC2)nc2ccccc12. The lowest BCUT2D eigenvalue weighted by atomic mass is 9.82. The topological polar surface area (TPSA) is 100 Å². The van der Waals surface area contributed by atoms with Crippen LogP contribution in [0, 0.1) is 11.8 Å². The average Bonchev–Trinajstić information content (AvgIpc) is 3.03. The van der Waals surface area contributed by atoms with Crippen LogP contribution in [-0.4, -0.2) is 54.4 Å². The summed E-state index contributed by atoms with van der Waals surface area (Å²) in [6, 6.07) is 23.4. The Kier molecular flexibility index (Phi) is 11.5. The number of benzene rings is 3. The smallest absolute Gasteiger partial charge is 0.407 e. The fraction of sp³-hybridized carbons (Fsp3) is 0.486. The Morgan fingerprint density at radius 3 is 2.27 bits per heavy atom. The van der Waals surface area contributed by atoms with Gasteiger partial charge in [-0.25, -0.2) is 9.78 Å². The third-order valence-corrected chi connectivity index (χ3v) is 8.57. The van der Waals surface area contributed by atoms with E-state index in [0.717, 1.165) is 68.1 Å². The first-order valence-corrected chi connectivity index (χ1v) is 16.7. The van der Waals surface area contributed by atoms with E-state index >= 15 is 0 Å². The van der Waals surface area contributed by atoms with Gasteiger partial charge in [-0.2, -0.15) is 4.98 Å². The lowest BCUT2D eigenvalue weighted by Gasteiger charge is -2.29. The number of hydrogen-bond acceptors (Lipinski definition) is 7. The molecule has 0 spiro atoms. The summed E-state index contributed by atoms with van der Waals surface area (Å²) in [5.41, 5.74) is 1.88. The van der Waals surface area contributed by atoms with Gasteiger partial charge < -0.3 is 26.0 Å². The summed E-state index contributed by atoms with van der Waals surface area (Å²) in [6.07, 6.45) is 7.45. The zero-order valence-electron chi connectivity index (χ0n) is 27.2. The number of aromatic nitrogens is 2. The number of ether oxygens (including phenoxy) is 1. The van der Waals surface area contributed by atoms with Gasteiger partial charge in [0.2, 0.25) is 5.95 Å². The minimum Gasteiger partial charge on any atom is -0.444 e. The Labute approximate surface area is 268 Å². The number of unbranched alkanes of at least 4 members (excludes halogenated alkanes) is 1. The van der Waals surface area contributed by atoms with Crippen molar-refractivity contribution in [3.8, 4) is 0 Å². The highest BCUT2D eigenvalue weighted by Crippen LogP contribution is 2.29. The van der Waals surface area contributed by atoms with Gasteiger partial charge in [-0.15, -0.1) is 0 Å². The molecule has 1 fully saturated rings. The first-order chi connectivity index (χ1) is 21.8. The van der Waals surface area contributed by atoms with Crippen molar-refractivity contribution >= 4 is 39.5 Å². The Bertz CT molecular complexity index is 1520. The highest BCUT2D eigenvalue weighted by Gasteiger charge is 2.21. The minimum atomic E-state index is -0.484. The van der Waals surface area contributed by atoms with Crippen molar-refractivity contribution in [3.63, 3.8) is 0 Å². The number of para-hydroxylation sites is 1. The summed E-state index contributed by atoms with van der Waals surface area (Å²) >= 11 is 0. The van der Waals surface area contributed by atoms with Gasteiger partial charge in [0.25, 0.3) is 0 Å². The van der Waals surface area contributed by atoms with Crippen LogP contribution in [0.3, 0.4) is 0 Å². The van der Waals surface area contributed by atoms with Gasteiger partial charge in [0.1, 0.15) is 11.4 Å². The summed E-state index contributed by atoms with van der Waals surface area (Å²) in [5, 5.41) is 17.3.